The van der Waals surface area contributed by atoms with Gasteiger partial charge in [-0.25, -0.2) is 0 Å². The average Bonchev–Trinajstić information content (AvgIpc) is 2.78. The Morgan fingerprint density at radius 2 is 1.90 bits per heavy atom. The average molecular weight is 288 g/mol. The zero-order valence-corrected chi connectivity index (χ0v) is 12.4. The predicted octanol–water partition coefficient (Wildman–Crippen LogP) is 2.12. The minimum absolute atomic E-state index is 0.184. The quantitative estimate of drug-likeness (QED) is 0.844. The Labute approximate surface area is 124 Å². The molecule has 1 aromatic carbocycles. The van der Waals surface area contributed by atoms with Gasteiger partial charge in [-0.15, -0.1) is 0 Å². The molecule has 2 rings (SSSR count). The van der Waals surface area contributed by atoms with Crippen LogP contribution < -0.4 is 10.2 Å². The normalized spacial score (nSPS) is 14.9. The van der Waals surface area contributed by atoms with Gasteiger partial charge in [0.2, 0.25) is 11.8 Å². The van der Waals surface area contributed by atoms with Gasteiger partial charge in [0.1, 0.15) is 0 Å². The van der Waals surface area contributed by atoms with Crippen LogP contribution in [-0.4, -0.2) is 24.3 Å². The van der Waals surface area contributed by atoms with Gasteiger partial charge in [0.05, 0.1) is 5.69 Å². The molecular weight excluding hydrogens is 268 g/mol. The molecule has 1 aromatic rings. The molecule has 3 amide bonds. The second-order valence-corrected chi connectivity index (χ2v) is 5.61. The third-order valence-electron chi connectivity index (χ3n) is 3.43. The van der Waals surface area contributed by atoms with Crippen LogP contribution in [0.2, 0.25) is 0 Å². The number of hydrogen-bond acceptors (Lipinski definition) is 3. The van der Waals surface area contributed by atoms with E-state index in [-0.39, 0.29) is 30.6 Å². The summed E-state index contributed by atoms with van der Waals surface area (Å²) in [4.78, 5) is 36.7. The van der Waals surface area contributed by atoms with Gasteiger partial charge in [-0.3, -0.25) is 19.3 Å². The number of rotatable bonds is 5. The van der Waals surface area contributed by atoms with Crippen molar-refractivity contribution < 1.29 is 14.4 Å². The number of imide groups is 1. The first-order chi connectivity index (χ1) is 9.99. The number of hydrogen-bond donors (Lipinski definition) is 1. The van der Waals surface area contributed by atoms with Gasteiger partial charge in [-0.2, -0.15) is 0 Å². The predicted molar refractivity (Wildman–Crippen MR) is 80.0 cm³/mol. The van der Waals surface area contributed by atoms with E-state index in [1.165, 1.54) is 0 Å². The van der Waals surface area contributed by atoms with Gasteiger partial charge in [-0.1, -0.05) is 19.9 Å². The van der Waals surface area contributed by atoms with Crippen molar-refractivity contribution >= 4 is 23.4 Å². The smallest absolute Gasteiger partial charge is 0.251 e. The van der Waals surface area contributed by atoms with Crippen molar-refractivity contribution in [1.29, 1.82) is 0 Å². The molecule has 0 radical (unpaired) electrons. The van der Waals surface area contributed by atoms with E-state index in [4.69, 9.17) is 0 Å². The van der Waals surface area contributed by atoms with Gasteiger partial charge < -0.3 is 5.32 Å². The minimum atomic E-state index is -0.211. The molecule has 1 heterocycles. The number of carbonyl (C=O) groups excluding carboxylic acids is 3. The van der Waals surface area contributed by atoms with Crippen molar-refractivity contribution in [3.05, 3.63) is 29.8 Å². The molecule has 1 saturated heterocycles. The highest BCUT2D eigenvalue weighted by atomic mass is 16.2. The van der Waals surface area contributed by atoms with Crippen LogP contribution in [0.15, 0.2) is 24.3 Å². The van der Waals surface area contributed by atoms with E-state index in [0.29, 0.717) is 23.7 Å². The fourth-order valence-corrected chi connectivity index (χ4v) is 2.23. The molecule has 112 valence electrons. The highest BCUT2D eigenvalue weighted by Gasteiger charge is 2.30. The Bertz CT molecular complexity index is 550. The van der Waals surface area contributed by atoms with Crippen molar-refractivity contribution in [3.63, 3.8) is 0 Å². The van der Waals surface area contributed by atoms with E-state index < -0.39 is 0 Å². The highest BCUT2D eigenvalue weighted by molar-refractivity contribution is 6.20. The molecule has 1 fully saturated rings. The standard InChI is InChI=1S/C16H20N2O3/c1-11(2)8-9-17-16(21)12-4-3-5-13(10-12)18-14(19)6-7-15(18)20/h3-5,10-11H,6-9H2,1-2H3,(H,17,21). The van der Waals surface area contributed by atoms with E-state index in [2.05, 4.69) is 19.2 Å². The van der Waals surface area contributed by atoms with E-state index in [0.717, 1.165) is 11.3 Å². The summed E-state index contributed by atoms with van der Waals surface area (Å²) in [6, 6.07) is 6.63. The van der Waals surface area contributed by atoms with Crippen LogP contribution >= 0.6 is 0 Å². The number of amides is 3. The van der Waals surface area contributed by atoms with Crippen molar-refractivity contribution in [2.24, 2.45) is 5.92 Å². The van der Waals surface area contributed by atoms with E-state index >= 15 is 0 Å². The monoisotopic (exact) mass is 288 g/mol. The highest BCUT2D eigenvalue weighted by Crippen LogP contribution is 2.23. The maximum Gasteiger partial charge on any atom is 0.251 e. The first kappa shape index (κ1) is 15.2. The summed E-state index contributed by atoms with van der Waals surface area (Å²) < 4.78 is 0. The SMILES string of the molecule is CC(C)CCNC(=O)c1cccc(N2C(=O)CCC2=O)c1. The van der Waals surface area contributed by atoms with E-state index in [9.17, 15) is 14.4 Å². The van der Waals surface area contributed by atoms with Crippen LogP contribution in [0.1, 0.15) is 43.5 Å². The summed E-state index contributed by atoms with van der Waals surface area (Å²) in [5.74, 6) is -0.0807. The second-order valence-electron chi connectivity index (χ2n) is 5.61. The van der Waals surface area contributed by atoms with Crippen molar-refractivity contribution in [2.75, 3.05) is 11.4 Å². The lowest BCUT2D eigenvalue weighted by atomic mass is 10.1. The lowest BCUT2D eigenvalue weighted by Crippen LogP contribution is -2.29. The molecular formula is C16H20N2O3. The number of nitrogens with one attached hydrogen (secondary N) is 1. The van der Waals surface area contributed by atoms with Crippen LogP contribution in [-0.2, 0) is 9.59 Å². The van der Waals surface area contributed by atoms with Crippen molar-refractivity contribution in [2.45, 2.75) is 33.1 Å². The topological polar surface area (TPSA) is 66.5 Å². The fourth-order valence-electron chi connectivity index (χ4n) is 2.23. The summed E-state index contributed by atoms with van der Waals surface area (Å²) in [5, 5.41) is 2.84. The largest absolute Gasteiger partial charge is 0.352 e. The summed E-state index contributed by atoms with van der Waals surface area (Å²) in [6.45, 7) is 4.80. The molecule has 1 aliphatic heterocycles. The molecule has 0 unspecified atom stereocenters. The van der Waals surface area contributed by atoms with Gasteiger partial charge in [0.15, 0.2) is 0 Å². The number of anilines is 1. The minimum Gasteiger partial charge on any atom is -0.352 e. The Kier molecular flexibility index (Phi) is 4.73. The first-order valence-electron chi connectivity index (χ1n) is 7.23. The lowest BCUT2D eigenvalue weighted by molar-refractivity contribution is -0.121. The van der Waals surface area contributed by atoms with Gasteiger partial charge >= 0.3 is 0 Å². The zero-order chi connectivity index (χ0) is 15.4. The molecule has 5 heteroatoms. The Balaban J connectivity index is 2.09. The molecule has 1 N–H and O–H groups in total. The van der Waals surface area contributed by atoms with Crippen LogP contribution in [0.5, 0.6) is 0 Å². The maximum atomic E-state index is 12.1. The molecule has 0 atom stereocenters. The maximum absolute atomic E-state index is 12.1. The van der Waals surface area contributed by atoms with Crippen LogP contribution in [0.25, 0.3) is 0 Å². The van der Waals surface area contributed by atoms with Gasteiger partial charge in [0, 0.05) is 24.9 Å². The molecule has 0 aliphatic carbocycles. The molecule has 0 aromatic heterocycles. The Morgan fingerprint density at radius 3 is 2.52 bits per heavy atom. The molecule has 5 nitrogen and oxygen atoms in total. The summed E-state index contributed by atoms with van der Waals surface area (Å²) in [7, 11) is 0. The molecule has 1 aliphatic rings. The van der Waals surface area contributed by atoms with Gasteiger partial charge in [-0.05, 0) is 30.5 Å². The Hall–Kier alpha value is -2.17. The van der Waals surface area contributed by atoms with Crippen LogP contribution in [0, 0.1) is 5.92 Å². The molecule has 21 heavy (non-hydrogen) atoms. The zero-order valence-electron chi connectivity index (χ0n) is 12.4. The van der Waals surface area contributed by atoms with E-state index in [1.54, 1.807) is 24.3 Å². The Morgan fingerprint density at radius 1 is 1.24 bits per heavy atom. The summed E-state index contributed by atoms with van der Waals surface area (Å²) in [6.07, 6.45) is 1.39. The molecule has 0 spiro atoms. The van der Waals surface area contributed by atoms with Crippen molar-refractivity contribution in [3.8, 4) is 0 Å². The first-order valence-corrected chi connectivity index (χ1v) is 7.23. The summed E-state index contributed by atoms with van der Waals surface area (Å²) >= 11 is 0. The lowest BCUT2D eigenvalue weighted by Gasteiger charge is -2.15. The second kappa shape index (κ2) is 6.52. The van der Waals surface area contributed by atoms with Crippen molar-refractivity contribution in [1.82, 2.24) is 5.32 Å². The third-order valence-corrected chi connectivity index (χ3v) is 3.43. The number of carbonyl (C=O) groups is 3. The van der Waals surface area contributed by atoms with Crippen LogP contribution in [0.3, 0.4) is 0 Å². The fraction of sp³-hybridized carbons (Fsp3) is 0.438. The molecule has 0 saturated carbocycles. The third kappa shape index (κ3) is 3.68. The number of benzene rings is 1. The molecule has 0 bridgehead atoms. The van der Waals surface area contributed by atoms with E-state index in [1.807, 2.05) is 0 Å². The van der Waals surface area contributed by atoms with Gasteiger partial charge in [0.25, 0.3) is 5.91 Å². The van der Waals surface area contributed by atoms with Crippen LogP contribution in [0.4, 0.5) is 5.69 Å². The number of nitrogens with zero attached hydrogens (tertiary/aromatic N) is 1. The summed E-state index contributed by atoms with van der Waals surface area (Å²) in [5.41, 5.74) is 0.933.